The summed E-state index contributed by atoms with van der Waals surface area (Å²) in [6.07, 6.45) is 0. The number of carboxylic acids is 1. The highest BCUT2D eigenvalue weighted by molar-refractivity contribution is 9.11. The van der Waals surface area contributed by atoms with Gasteiger partial charge in [0.05, 0.1) is 0 Å². The zero-order valence-electron chi connectivity index (χ0n) is 10.1. The fourth-order valence-corrected chi connectivity index (χ4v) is 2.80. The zero-order valence-corrected chi connectivity index (χ0v) is 14.0. The Morgan fingerprint density at radius 1 is 1.15 bits per heavy atom. The molecule has 0 aromatic heterocycles. The van der Waals surface area contributed by atoms with Gasteiger partial charge in [0.15, 0.2) is 6.04 Å². The summed E-state index contributed by atoms with van der Waals surface area (Å²) in [5, 5.41) is 12.9. The van der Waals surface area contributed by atoms with Crippen LogP contribution in [0.2, 0.25) is 5.02 Å². The molecule has 1 atom stereocenters. The number of carboxylic acid groups (broad SMARTS) is 1. The predicted molar refractivity (Wildman–Crippen MR) is 87.3 cm³/mol. The van der Waals surface area contributed by atoms with Crippen LogP contribution in [-0.2, 0) is 4.79 Å². The molecule has 0 spiro atoms. The van der Waals surface area contributed by atoms with Crippen LogP contribution in [0.5, 0.6) is 0 Å². The number of benzene rings is 2. The molecule has 0 saturated heterocycles. The van der Waals surface area contributed by atoms with Gasteiger partial charge in [-0.3, -0.25) is 0 Å². The first-order valence-electron chi connectivity index (χ1n) is 5.68. The van der Waals surface area contributed by atoms with E-state index < -0.39 is 12.0 Å². The Hall–Kier alpha value is -1.04. The second-order valence-corrected chi connectivity index (χ2v) is 6.21. The fraction of sp³-hybridized carbons (Fsp3) is 0.0714. The van der Waals surface area contributed by atoms with Crippen LogP contribution in [0.3, 0.4) is 0 Å². The van der Waals surface area contributed by atoms with Gasteiger partial charge in [0.2, 0.25) is 0 Å². The first kappa shape index (κ1) is 15.4. The minimum absolute atomic E-state index is 0.489. The molecule has 0 bridgehead atoms. The predicted octanol–water partition coefficient (Wildman–Crippen LogP) is 5.10. The molecule has 6 heteroatoms. The SMILES string of the molecule is O=C(O)C(Nc1ccccc1Br)c1cc(Cl)ccc1Br. The van der Waals surface area contributed by atoms with Gasteiger partial charge in [0, 0.05) is 25.2 Å². The van der Waals surface area contributed by atoms with E-state index in [-0.39, 0.29) is 0 Å². The largest absolute Gasteiger partial charge is 0.479 e. The van der Waals surface area contributed by atoms with Crippen molar-refractivity contribution >= 4 is 55.1 Å². The second-order valence-electron chi connectivity index (χ2n) is 4.06. The highest BCUT2D eigenvalue weighted by atomic mass is 79.9. The van der Waals surface area contributed by atoms with Crippen molar-refractivity contribution < 1.29 is 9.90 Å². The number of nitrogens with one attached hydrogen (secondary N) is 1. The summed E-state index contributed by atoms with van der Waals surface area (Å²) < 4.78 is 1.48. The zero-order chi connectivity index (χ0) is 14.7. The van der Waals surface area contributed by atoms with Crippen molar-refractivity contribution in [1.82, 2.24) is 0 Å². The first-order valence-corrected chi connectivity index (χ1v) is 7.64. The van der Waals surface area contributed by atoms with Crippen LogP contribution in [0.15, 0.2) is 51.4 Å². The van der Waals surface area contributed by atoms with Gasteiger partial charge in [-0.25, -0.2) is 4.79 Å². The molecule has 0 saturated carbocycles. The van der Waals surface area contributed by atoms with Crippen molar-refractivity contribution in [2.24, 2.45) is 0 Å². The maximum absolute atomic E-state index is 11.5. The molecule has 2 aromatic carbocycles. The van der Waals surface area contributed by atoms with Crippen LogP contribution < -0.4 is 5.32 Å². The molecule has 3 nitrogen and oxygen atoms in total. The number of carbonyl (C=O) groups is 1. The van der Waals surface area contributed by atoms with Crippen LogP contribution in [-0.4, -0.2) is 11.1 Å². The molecule has 0 aliphatic rings. The smallest absolute Gasteiger partial charge is 0.330 e. The number of rotatable bonds is 4. The molecule has 20 heavy (non-hydrogen) atoms. The lowest BCUT2D eigenvalue weighted by Crippen LogP contribution is -2.21. The first-order chi connectivity index (χ1) is 9.49. The standard InChI is InChI=1S/C14H10Br2ClNO2/c15-10-6-5-8(17)7-9(10)13(14(19)20)18-12-4-2-1-3-11(12)16/h1-7,13,18H,(H,19,20). The summed E-state index contributed by atoms with van der Waals surface area (Å²) in [6, 6.07) is 11.5. The van der Waals surface area contributed by atoms with Gasteiger partial charge in [-0.15, -0.1) is 0 Å². The average Bonchev–Trinajstić information content (AvgIpc) is 2.40. The number of anilines is 1. The minimum Gasteiger partial charge on any atom is -0.479 e. The third-order valence-corrected chi connectivity index (χ3v) is 4.34. The second kappa shape index (κ2) is 6.61. The van der Waals surface area contributed by atoms with E-state index in [1.54, 1.807) is 24.3 Å². The summed E-state index contributed by atoms with van der Waals surface area (Å²) >= 11 is 12.7. The molecular weight excluding hydrogens is 409 g/mol. The average molecular weight is 420 g/mol. The Labute approximate surface area is 138 Å². The molecule has 2 rings (SSSR count). The summed E-state index contributed by atoms with van der Waals surface area (Å²) in [5.41, 5.74) is 1.27. The number of aliphatic carboxylic acids is 1. The Morgan fingerprint density at radius 2 is 1.85 bits per heavy atom. The van der Waals surface area contributed by atoms with Gasteiger partial charge >= 0.3 is 5.97 Å². The van der Waals surface area contributed by atoms with E-state index in [0.29, 0.717) is 20.7 Å². The van der Waals surface area contributed by atoms with Gasteiger partial charge in [-0.1, -0.05) is 39.7 Å². The summed E-state index contributed by atoms with van der Waals surface area (Å²) in [4.78, 5) is 11.5. The maximum Gasteiger partial charge on any atom is 0.330 e. The van der Waals surface area contributed by atoms with Gasteiger partial charge in [0.1, 0.15) is 0 Å². The molecule has 0 aliphatic heterocycles. The molecule has 2 aromatic rings. The topological polar surface area (TPSA) is 49.3 Å². The van der Waals surface area contributed by atoms with E-state index >= 15 is 0 Å². The Bertz CT molecular complexity index is 649. The molecule has 0 fully saturated rings. The van der Waals surface area contributed by atoms with Crippen molar-refractivity contribution in [1.29, 1.82) is 0 Å². The van der Waals surface area contributed by atoms with Crippen molar-refractivity contribution in [2.75, 3.05) is 5.32 Å². The lowest BCUT2D eigenvalue weighted by atomic mass is 10.1. The Balaban J connectivity index is 2.40. The van der Waals surface area contributed by atoms with E-state index in [9.17, 15) is 9.90 Å². The molecule has 2 N–H and O–H groups in total. The third kappa shape index (κ3) is 3.53. The maximum atomic E-state index is 11.5. The van der Waals surface area contributed by atoms with Crippen LogP contribution in [0.1, 0.15) is 11.6 Å². The number of hydrogen-bond donors (Lipinski definition) is 2. The Morgan fingerprint density at radius 3 is 2.50 bits per heavy atom. The monoisotopic (exact) mass is 417 g/mol. The van der Waals surface area contributed by atoms with Crippen LogP contribution in [0.25, 0.3) is 0 Å². The van der Waals surface area contributed by atoms with Gasteiger partial charge < -0.3 is 10.4 Å². The van der Waals surface area contributed by atoms with Crippen molar-refractivity contribution in [3.8, 4) is 0 Å². The highest BCUT2D eigenvalue weighted by Gasteiger charge is 2.23. The summed E-state index contributed by atoms with van der Waals surface area (Å²) in [6.45, 7) is 0. The quantitative estimate of drug-likeness (QED) is 0.725. The molecule has 0 heterocycles. The molecule has 0 aliphatic carbocycles. The molecular formula is C14H10Br2ClNO2. The molecule has 0 radical (unpaired) electrons. The molecule has 1 unspecified atom stereocenters. The molecule has 104 valence electrons. The summed E-state index contributed by atoms with van der Waals surface area (Å²) in [5.74, 6) is -0.983. The van der Waals surface area contributed by atoms with Crippen molar-refractivity contribution in [2.45, 2.75) is 6.04 Å². The van der Waals surface area contributed by atoms with Gasteiger partial charge in [-0.2, -0.15) is 0 Å². The lowest BCUT2D eigenvalue weighted by Gasteiger charge is -2.18. The number of hydrogen-bond acceptors (Lipinski definition) is 2. The fourth-order valence-electron chi connectivity index (χ4n) is 1.74. The van der Waals surface area contributed by atoms with Crippen LogP contribution in [0, 0.1) is 0 Å². The van der Waals surface area contributed by atoms with E-state index in [1.807, 2.05) is 18.2 Å². The Kier molecular flexibility index (Phi) is 5.07. The van der Waals surface area contributed by atoms with Gasteiger partial charge in [0.25, 0.3) is 0 Å². The molecule has 0 amide bonds. The van der Waals surface area contributed by atoms with Gasteiger partial charge in [-0.05, 0) is 46.3 Å². The van der Waals surface area contributed by atoms with E-state index in [2.05, 4.69) is 37.2 Å². The van der Waals surface area contributed by atoms with E-state index in [0.717, 1.165) is 4.47 Å². The van der Waals surface area contributed by atoms with Crippen molar-refractivity contribution in [3.63, 3.8) is 0 Å². The normalized spacial score (nSPS) is 11.9. The van der Waals surface area contributed by atoms with Crippen LogP contribution >= 0.6 is 43.5 Å². The summed E-state index contributed by atoms with van der Waals surface area (Å²) in [7, 11) is 0. The van der Waals surface area contributed by atoms with Crippen molar-refractivity contribution in [3.05, 3.63) is 62.0 Å². The van der Waals surface area contributed by atoms with E-state index in [4.69, 9.17) is 11.6 Å². The number of halogens is 3. The minimum atomic E-state index is -0.983. The third-order valence-electron chi connectivity index (χ3n) is 2.69. The van der Waals surface area contributed by atoms with E-state index in [1.165, 1.54) is 0 Å². The lowest BCUT2D eigenvalue weighted by molar-refractivity contribution is -0.138. The van der Waals surface area contributed by atoms with Crippen LogP contribution in [0.4, 0.5) is 5.69 Å². The number of para-hydroxylation sites is 1. The highest BCUT2D eigenvalue weighted by Crippen LogP contribution is 2.31.